The molecular formula is C19H19BrN4. The van der Waals surface area contributed by atoms with Crippen molar-refractivity contribution in [2.24, 2.45) is 0 Å². The van der Waals surface area contributed by atoms with E-state index in [9.17, 15) is 0 Å². The lowest BCUT2D eigenvalue weighted by Crippen LogP contribution is -2.02. The van der Waals surface area contributed by atoms with E-state index >= 15 is 0 Å². The molecule has 0 fully saturated rings. The van der Waals surface area contributed by atoms with Gasteiger partial charge in [-0.2, -0.15) is 4.98 Å². The number of aromatic nitrogens is 2. The van der Waals surface area contributed by atoms with Crippen molar-refractivity contribution in [3.05, 3.63) is 69.8 Å². The number of halogens is 1. The number of rotatable bonds is 4. The Bertz CT molecular complexity index is 857. The molecule has 0 aliphatic heterocycles. The lowest BCUT2D eigenvalue weighted by molar-refractivity contribution is 1.11. The van der Waals surface area contributed by atoms with E-state index < -0.39 is 0 Å². The standard InChI is InChI=1S/C19H19BrN4/c1-12-7-13(2)9-17(8-12)22-18-10-14(3)21-19(24-18)23-16-6-4-5-15(20)11-16/h4-11H,1-3H3,(H2,21,22,23,24). The van der Waals surface area contributed by atoms with Crippen molar-refractivity contribution in [1.29, 1.82) is 0 Å². The summed E-state index contributed by atoms with van der Waals surface area (Å²) in [6, 6.07) is 16.2. The number of aryl methyl sites for hydroxylation is 3. The SMILES string of the molecule is Cc1cc(C)cc(Nc2cc(C)nc(Nc3cccc(Br)c3)n2)c1. The molecule has 1 aromatic heterocycles. The van der Waals surface area contributed by atoms with Gasteiger partial charge in [0.2, 0.25) is 5.95 Å². The summed E-state index contributed by atoms with van der Waals surface area (Å²) in [4.78, 5) is 9.02. The van der Waals surface area contributed by atoms with E-state index in [1.54, 1.807) is 0 Å². The highest BCUT2D eigenvalue weighted by atomic mass is 79.9. The highest BCUT2D eigenvalue weighted by molar-refractivity contribution is 9.10. The van der Waals surface area contributed by atoms with E-state index in [1.807, 2.05) is 37.3 Å². The summed E-state index contributed by atoms with van der Waals surface area (Å²) >= 11 is 3.47. The van der Waals surface area contributed by atoms with Crippen LogP contribution in [-0.4, -0.2) is 9.97 Å². The first-order valence-electron chi connectivity index (χ1n) is 7.71. The topological polar surface area (TPSA) is 49.8 Å². The molecule has 5 heteroatoms. The molecule has 0 saturated heterocycles. The fourth-order valence-corrected chi connectivity index (χ4v) is 2.98. The van der Waals surface area contributed by atoms with Crippen molar-refractivity contribution >= 4 is 39.1 Å². The van der Waals surface area contributed by atoms with Gasteiger partial charge in [0.25, 0.3) is 0 Å². The number of nitrogens with zero attached hydrogens (tertiary/aromatic N) is 2. The molecule has 0 amide bonds. The monoisotopic (exact) mass is 382 g/mol. The van der Waals surface area contributed by atoms with Gasteiger partial charge in [-0.05, 0) is 62.2 Å². The molecule has 0 aliphatic rings. The Labute approximate surface area is 150 Å². The van der Waals surface area contributed by atoms with Crippen molar-refractivity contribution in [2.75, 3.05) is 10.6 Å². The molecule has 122 valence electrons. The van der Waals surface area contributed by atoms with Crippen LogP contribution in [0.1, 0.15) is 16.8 Å². The molecule has 3 aromatic rings. The van der Waals surface area contributed by atoms with Gasteiger partial charge in [0.15, 0.2) is 0 Å². The molecule has 0 spiro atoms. The molecule has 3 rings (SSSR count). The molecular weight excluding hydrogens is 364 g/mol. The van der Waals surface area contributed by atoms with Crippen LogP contribution in [-0.2, 0) is 0 Å². The van der Waals surface area contributed by atoms with E-state index in [2.05, 4.69) is 68.6 Å². The lowest BCUT2D eigenvalue weighted by atomic mass is 10.1. The molecule has 0 saturated carbocycles. The summed E-state index contributed by atoms with van der Waals surface area (Å²) in [6.45, 7) is 6.13. The molecule has 0 atom stereocenters. The lowest BCUT2D eigenvalue weighted by Gasteiger charge is -2.11. The quantitative estimate of drug-likeness (QED) is 0.611. The Morgan fingerprint density at radius 3 is 2.25 bits per heavy atom. The van der Waals surface area contributed by atoms with E-state index in [4.69, 9.17) is 0 Å². The van der Waals surface area contributed by atoms with Crippen LogP contribution in [0.3, 0.4) is 0 Å². The second-order valence-electron chi connectivity index (χ2n) is 5.85. The maximum Gasteiger partial charge on any atom is 0.229 e. The second-order valence-corrected chi connectivity index (χ2v) is 6.77. The van der Waals surface area contributed by atoms with Gasteiger partial charge in [0.1, 0.15) is 5.82 Å². The summed E-state index contributed by atoms with van der Waals surface area (Å²) in [6.07, 6.45) is 0. The smallest absolute Gasteiger partial charge is 0.229 e. The van der Waals surface area contributed by atoms with Crippen LogP contribution >= 0.6 is 15.9 Å². The zero-order valence-corrected chi connectivity index (χ0v) is 15.5. The number of hydrogen-bond donors (Lipinski definition) is 2. The normalized spacial score (nSPS) is 10.5. The number of nitrogens with one attached hydrogen (secondary N) is 2. The van der Waals surface area contributed by atoms with Gasteiger partial charge in [-0.15, -0.1) is 0 Å². The zero-order valence-electron chi connectivity index (χ0n) is 13.9. The Hall–Kier alpha value is -2.40. The number of benzene rings is 2. The summed E-state index contributed by atoms with van der Waals surface area (Å²) < 4.78 is 1.01. The van der Waals surface area contributed by atoms with Crippen molar-refractivity contribution in [3.63, 3.8) is 0 Å². The van der Waals surface area contributed by atoms with Gasteiger partial charge in [0, 0.05) is 27.6 Å². The maximum absolute atomic E-state index is 4.56. The fourth-order valence-electron chi connectivity index (χ4n) is 2.58. The largest absolute Gasteiger partial charge is 0.340 e. The second kappa shape index (κ2) is 7.01. The van der Waals surface area contributed by atoms with E-state index in [0.717, 1.165) is 27.4 Å². The number of hydrogen-bond acceptors (Lipinski definition) is 4. The van der Waals surface area contributed by atoms with Gasteiger partial charge >= 0.3 is 0 Å². The molecule has 1 heterocycles. The van der Waals surface area contributed by atoms with Crippen molar-refractivity contribution in [1.82, 2.24) is 9.97 Å². The van der Waals surface area contributed by atoms with Crippen molar-refractivity contribution in [2.45, 2.75) is 20.8 Å². The van der Waals surface area contributed by atoms with Gasteiger partial charge in [-0.3, -0.25) is 0 Å². The first-order chi connectivity index (χ1) is 11.5. The van der Waals surface area contributed by atoms with Crippen LogP contribution in [0.25, 0.3) is 0 Å². The summed E-state index contributed by atoms with van der Waals surface area (Å²) in [5.41, 5.74) is 5.30. The molecule has 0 bridgehead atoms. The third-order valence-corrected chi connectivity index (χ3v) is 3.92. The molecule has 2 N–H and O–H groups in total. The summed E-state index contributed by atoms with van der Waals surface area (Å²) in [5.74, 6) is 1.34. The summed E-state index contributed by atoms with van der Waals surface area (Å²) in [5, 5.41) is 6.61. The van der Waals surface area contributed by atoms with Crippen LogP contribution in [0.2, 0.25) is 0 Å². The van der Waals surface area contributed by atoms with Crippen molar-refractivity contribution < 1.29 is 0 Å². The molecule has 2 aromatic carbocycles. The van der Waals surface area contributed by atoms with Gasteiger partial charge in [-0.1, -0.05) is 28.1 Å². The predicted octanol–water partition coefficient (Wildman–Crippen LogP) is 5.65. The Morgan fingerprint density at radius 1 is 0.792 bits per heavy atom. The molecule has 0 radical (unpaired) electrons. The van der Waals surface area contributed by atoms with Crippen LogP contribution in [0.15, 0.2) is 53.0 Å². The van der Waals surface area contributed by atoms with Crippen molar-refractivity contribution in [3.8, 4) is 0 Å². The minimum atomic E-state index is 0.569. The average Bonchev–Trinajstić information content (AvgIpc) is 2.45. The van der Waals surface area contributed by atoms with Gasteiger partial charge in [-0.25, -0.2) is 4.98 Å². The Balaban J connectivity index is 1.85. The zero-order chi connectivity index (χ0) is 17.1. The highest BCUT2D eigenvalue weighted by Gasteiger charge is 2.05. The van der Waals surface area contributed by atoms with E-state index in [-0.39, 0.29) is 0 Å². The van der Waals surface area contributed by atoms with Crippen LogP contribution in [0.4, 0.5) is 23.1 Å². The van der Waals surface area contributed by atoms with Crippen LogP contribution < -0.4 is 10.6 Å². The minimum absolute atomic E-state index is 0.569. The fraction of sp³-hybridized carbons (Fsp3) is 0.158. The predicted molar refractivity (Wildman–Crippen MR) is 103 cm³/mol. The van der Waals surface area contributed by atoms with E-state index in [0.29, 0.717) is 5.95 Å². The van der Waals surface area contributed by atoms with Crippen LogP contribution in [0.5, 0.6) is 0 Å². The average molecular weight is 383 g/mol. The first kappa shape index (κ1) is 16.5. The highest BCUT2D eigenvalue weighted by Crippen LogP contribution is 2.22. The van der Waals surface area contributed by atoms with Gasteiger partial charge in [0.05, 0.1) is 0 Å². The molecule has 4 nitrogen and oxygen atoms in total. The van der Waals surface area contributed by atoms with Gasteiger partial charge < -0.3 is 10.6 Å². The minimum Gasteiger partial charge on any atom is -0.340 e. The van der Waals surface area contributed by atoms with Crippen LogP contribution in [0, 0.1) is 20.8 Å². The Morgan fingerprint density at radius 2 is 1.54 bits per heavy atom. The Kier molecular flexibility index (Phi) is 4.81. The first-order valence-corrected chi connectivity index (χ1v) is 8.51. The summed E-state index contributed by atoms with van der Waals surface area (Å²) in [7, 11) is 0. The molecule has 0 aliphatic carbocycles. The third-order valence-electron chi connectivity index (χ3n) is 3.43. The number of anilines is 4. The maximum atomic E-state index is 4.56. The third kappa shape index (κ3) is 4.32. The molecule has 0 unspecified atom stereocenters. The van der Waals surface area contributed by atoms with E-state index in [1.165, 1.54) is 11.1 Å². The molecule has 24 heavy (non-hydrogen) atoms.